The van der Waals surface area contributed by atoms with Crippen molar-refractivity contribution in [3.05, 3.63) is 42.0 Å². The van der Waals surface area contributed by atoms with Crippen molar-refractivity contribution in [3.8, 4) is 5.75 Å². The summed E-state index contributed by atoms with van der Waals surface area (Å²) in [5.74, 6) is 0.0367. The molecule has 0 aliphatic carbocycles. The van der Waals surface area contributed by atoms with Gasteiger partial charge in [-0.1, -0.05) is 36.4 Å². The van der Waals surface area contributed by atoms with Gasteiger partial charge in [-0.2, -0.15) is 13.2 Å². The first kappa shape index (κ1) is 15.6. The maximum atomic E-state index is 12.3. The molecule has 0 heterocycles. The Bertz CT molecular complexity index is 628. The van der Waals surface area contributed by atoms with Gasteiger partial charge in [-0.15, -0.1) is 0 Å². The number of hydrogen-bond donors (Lipinski definition) is 3. The average Bonchev–Trinajstić information content (AvgIpc) is 2.44. The molecule has 0 saturated heterocycles. The van der Waals surface area contributed by atoms with Crippen LogP contribution in [0.15, 0.2) is 36.4 Å². The molecular weight excluding hydrogens is 283 g/mol. The number of nitrogens with one attached hydrogen (secondary N) is 1. The number of halogens is 3. The van der Waals surface area contributed by atoms with Crippen LogP contribution in [0.1, 0.15) is 18.5 Å². The minimum absolute atomic E-state index is 0.0367. The quantitative estimate of drug-likeness (QED) is 0.813. The molecule has 114 valence electrons. The third-order valence-corrected chi connectivity index (χ3v) is 3.39. The number of aliphatic hydroxyl groups excluding tert-OH is 1. The van der Waals surface area contributed by atoms with Crippen LogP contribution in [0, 0.1) is 0 Å². The molecule has 0 amide bonds. The zero-order valence-electron chi connectivity index (χ0n) is 11.4. The zero-order chi connectivity index (χ0) is 15.6. The molecule has 6 heteroatoms. The predicted molar refractivity (Wildman–Crippen MR) is 74.1 cm³/mol. The van der Waals surface area contributed by atoms with E-state index in [0.29, 0.717) is 10.9 Å². The molecule has 0 aliphatic rings. The molecular formula is C15H16F3NO2. The van der Waals surface area contributed by atoms with E-state index in [0.717, 1.165) is 5.39 Å². The first-order valence-electron chi connectivity index (χ1n) is 6.49. The first-order valence-corrected chi connectivity index (χ1v) is 6.49. The van der Waals surface area contributed by atoms with Crippen LogP contribution in [-0.2, 0) is 0 Å². The molecule has 2 rings (SSSR count). The van der Waals surface area contributed by atoms with Gasteiger partial charge in [0.25, 0.3) is 0 Å². The normalized spacial score (nSPS) is 15.1. The van der Waals surface area contributed by atoms with Gasteiger partial charge in [-0.25, -0.2) is 0 Å². The molecule has 2 atom stereocenters. The molecule has 0 aromatic heterocycles. The fourth-order valence-electron chi connectivity index (χ4n) is 2.14. The van der Waals surface area contributed by atoms with Crippen molar-refractivity contribution in [3.63, 3.8) is 0 Å². The summed E-state index contributed by atoms with van der Waals surface area (Å²) >= 11 is 0. The molecule has 3 nitrogen and oxygen atoms in total. The van der Waals surface area contributed by atoms with Gasteiger partial charge in [0.2, 0.25) is 0 Å². The number of hydrogen-bond acceptors (Lipinski definition) is 3. The molecule has 0 radical (unpaired) electrons. The third kappa shape index (κ3) is 3.46. The Labute approximate surface area is 120 Å². The Morgan fingerprint density at radius 1 is 1.14 bits per heavy atom. The Morgan fingerprint density at radius 2 is 1.81 bits per heavy atom. The summed E-state index contributed by atoms with van der Waals surface area (Å²) in [5.41, 5.74) is 0.489. The first-order chi connectivity index (χ1) is 9.80. The highest BCUT2D eigenvalue weighted by Crippen LogP contribution is 2.32. The van der Waals surface area contributed by atoms with Crippen LogP contribution < -0.4 is 5.32 Å². The average molecular weight is 299 g/mol. The van der Waals surface area contributed by atoms with Crippen molar-refractivity contribution in [1.29, 1.82) is 0 Å². The molecule has 0 saturated carbocycles. The van der Waals surface area contributed by atoms with Crippen LogP contribution in [0.4, 0.5) is 13.2 Å². The predicted octanol–water partition coefficient (Wildman–Crippen LogP) is 3.12. The maximum absolute atomic E-state index is 12.3. The standard InChI is InChI=1S/C15H16F3NO2/c1-9(19-8-13(20)15(16,17)18)11-7-6-10-4-2-3-5-12(10)14(11)21/h2-7,9,13,19-21H,8H2,1H3. The van der Waals surface area contributed by atoms with Gasteiger partial charge in [0.15, 0.2) is 6.10 Å². The van der Waals surface area contributed by atoms with Crippen molar-refractivity contribution >= 4 is 10.8 Å². The maximum Gasteiger partial charge on any atom is 0.415 e. The second-order valence-corrected chi connectivity index (χ2v) is 4.91. The summed E-state index contributed by atoms with van der Waals surface area (Å²) in [6, 6.07) is 10.1. The highest BCUT2D eigenvalue weighted by atomic mass is 19.4. The second-order valence-electron chi connectivity index (χ2n) is 4.91. The molecule has 0 fully saturated rings. The van der Waals surface area contributed by atoms with E-state index < -0.39 is 24.9 Å². The molecule has 0 spiro atoms. The molecule has 21 heavy (non-hydrogen) atoms. The topological polar surface area (TPSA) is 52.5 Å². The Kier molecular flexibility index (Phi) is 4.39. The lowest BCUT2D eigenvalue weighted by molar-refractivity contribution is -0.202. The number of aromatic hydroxyl groups is 1. The van der Waals surface area contributed by atoms with E-state index in [9.17, 15) is 18.3 Å². The van der Waals surface area contributed by atoms with Crippen LogP contribution in [0.3, 0.4) is 0 Å². The smallest absolute Gasteiger partial charge is 0.415 e. The fraction of sp³-hybridized carbons (Fsp3) is 0.333. The summed E-state index contributed by atoms with van der Waals surface area (Å²) in [6.07, 6.45) is -7.08. The number of aliphatic hydroxyl groups is 1. The second kappa shape index (κ2) is 5.91. The van der Waals surface area contributed by atoms with Crippen molar-refractivity contribution in [1.82, 2.24) is 5.32 Å². The minimum atomic E-state index is -4.65. The van der Waals surface area contributed by atoms with Gasteiger partial charge >= 0.3 is 6.18 Å². The molecule has 2 aromatic carbocycles. The fourth-order valence-corrected chi connectivity index (χ4v) is 2.14. The Balaban J connectivity index is 2.16. The molecule has 2 unspecified atom stereocenters. The lowest BCUT2D eigenvalue weighted by Gasteiger charge is -2.20. The number of benzene rings is 2. The van der Waals surface area contributed by atoms with Crippen LogP contribution >= 0.6 is 0 Å². The summed E-state index contributed by atoms with van der Waals surface area (Å²) in [6.45, 7) is 1.00. The van der Waals surface area contributed by atoms with Crippen molar-refractivity contribution in [2.45, 2.75) is 25.2 Å². The summed E-state index contributed by atoms with van der Waals surface area (Å²) in [7, 11) is 0. The van der Waals surface area contributed by atoms with Crippen LogP contribution in [0.25, 0.3) is 10.8 Å². The molecule has 0 aliphatic heterocycles. The molecule has 0 bridgehead atoms. The lowest BCUT2D eigenvalue weighted by Crippen LogP contribution is -2.39. The SMILES string of the molecule is CC(NCC(O)C(F)(F)F)c1ccc2ccccc2c1O. The van der Waals surface area contributed by atoms with Gasteiger partial charge < -0.3 is 15.5 Å². The van der Waals surface area contributed by atoms with E-state index in [1.54, 1.807) is 31.2 Å². The van der Waals surface area contributed by atoms with Crippen LogP contribution in [0.2, 0.25) is 0 Å². The van der Waals surface area contributed by atoms with Gasteiger partial charge in [-0.3, -0.25) is 0 Å². The number of phenolic OH excluding ortho intramolecular Hbond substituents is 1. The number of rotatable bonds is 4. The van der Waals surface area contributed by atoms with Crippen molar-refractivity contribution in [2.24, 2.45) is 0 Å². The number of alkyl halides is 3. The molecule has 2 aromatic rings. The van der Waals surface area contributed by atoms with Crippen molar-refractivity contribution < 1.29 is 23.4 Å². The van der Waals surface area contributed by atoms with Gasteiger partial charge in [-0.05, 0) is 12.3 Å². The van der Waals surface area contributed by atoms with Crippen molar-refractivity contribution in [2.75, 3.05) is 6.54 Å². The van der Waals surface area contributed by atoms with E-state index in [4.69, 9.17) is 5.11 Å². The highest BCUT2D eigenvalue weighted by molar-refractivity contribution is 5.89. The summed E-state index contributed by atoms with van der Waals surface area (Å²) < 4.78 is 36.8. The van der Waals surface area contributed by atoms with E-state index in [1.807, 2.05) is 12.1 Å². The van der Waals surface area contributed by atoms with Gasteiger partial charge in [0.05, 0.1) is 0 Å². The van der Waals surface area contributed by atoms with Gasteiger partial charge in [0, 0.05) is 23.5 Å². The van der Waals surface area contributed by atoms with E-state index in [-0.39, 0.29) is 5.75 Å². The van der Waals surface area contributed by atoms with Gasteiger partial charge in [0.1, 0.15) is 5.75 Å². The van der Waals surface area contributed by atoms with E-state index in [2.05, 4.69) is 5.32 Å². The summed E-state index contributed by atoms with van der Waals surface area (Å²) in [5, 5.41) is 23.3. The van der Waals surface area contributed by atoms with Crippen LogP contribution in [0.5, 0.6) is 5.75 Å². The minimum Gasteiger partial charge on any atom is -0.507 e. The van der Waals surface area contributed by atoms with E-state index in [1.165, 1.54) is 0 Å². The Hall–Kier alpha value is -1.79. The lowest BCUT2D eigenvalue weighted by atomic mass is 10.0. The number of phenols is 1. The zero-order valence-corrected chi connectivity index (χ0v) is 11.4. The largest absolute Gasteiger partial charge is 0.507 e. The van der Waals surface area contributed by atoms with E-state index >= 15 is 0 Å². The Morgan fingerprint density at radius 3 is 2.48 bits per heavy atom. The monoisotopic (exact) mass is 299 g/mol. The number of fused-ring (bicyclic) bond motifs is 1. The summed E-state index contributed by atoms with van der Waals surface area (Å²) in [4.78, 5) is 0. The van der Waals surface area contributed by atoms with Crippen LogP contribution in [-0.4, -0.2) is 29.0 Å². The molecule has 3 N–H and O–H groups in total. The highest BCUT2D eigenvalue weighted by Gasteiger charge is 2.38. The third-order valence-electron chi connectivity index (χ3n) is 3.39.